The molecule has 0 aliphatic carbocycles. The molecule has 0 aromatic heterocycles. The van der Waals surface area contributed by atoms with Crippen LogP contribution in [0.2, 0.25) is 0 Å². The third kappa shape index (κ3) is 5.21. The number of hydrogen-bond acceptors (Lipinski definition) is 10. The van der Waals surface area contributed by atoms with Crippen LogP contribution >= 0.6 is 0 Å². The molecule has 0 heterocycles. The molecule has 0 unspecified atom stereocenters. The summed E-state index contributed by atoms with van der Waals surface area (Å²) in [5, 5.41) is 45.4. The van der Waals surface area contributed by atoms with Crippen LogP contribution in [-0.2, 0) is 0 Å². The quantitative estimate of drug-likeness (QED) is 0.105. The van der Waals surface area contributed by atoms with Gasteiger partial charge < -0.3 is 11.5 Å². The fraction of sp³-hybridized carbons (Fsp3) is 0. The molecular formula is C30H20N6O8. The number of benzene rings is 5. The van der Waals surface area contributed by atoms with Crippen molar-refractivity contribution in [2.45, 2.75) is 0 Å². The molecule has 4 N–H and O–H groups in total. The Morgan fingerprint density at radius 1 is 0.341 bits per heavy atom. The first-order valence-electron chi connectivity index (χ1n) is 12.7. The lowest BCUT2D eigenvalue weighted by Gasteiger charge is -2.24. The molecule has 0 aliphatic heterocycles. The minimum atomic E-state index is -0.558. The highest BCUT2D eigenvalue weighted by Gasteiger charge is 2.26. The molecule has 0 spiro atoms. The summed E-state index contributed by atoms with van der Waals surface area (Å²) < 4.78 is 0. The maximum Gasteiger partial charge on any atom is 0.269 e. The van der Waals surface area contributed by atoms with Gasteiger partial charge in [0.05, 0.1) is 31.1 Å². The van der Waals surface area contributed by atoms with Crippen molar-refractivity contribution in [3.05, 3.63) is 138 Å². The summed E-state index contributed by atoms with van der Waals surface area (Å²) in [7, 11) is 0. The number of nitrogens with two attached hydrogens (primary N) is 2. The Morgan fingerprint density at radius 2 is 0.545 bits per heavy atom. The second-order valence-electron chi connectivity index (χ2n) is 9.54. The van der Waals surface area contributed by atoms with Gasteiger partial charge in [-0.3, -0.25) is 40.5 Å². The zero-order chi connectivity index (χ0) is 31.7. The Labute approximate surface area is 247 Å². The molecule has 0 amide bonds. The van der Waals surface area contributed by atoms with E-state index in [9.17, 15) is 40.5 Å². The Kier molecular flexibility index (Phi) is 7.39. The van der Waals surface area contributed by atoms with Crippen molar-refractivity contribution >= 4 is 34.1 Å². The first-order valence-corrected chi connectivity index (χ1v) is 12.7. The Bertz CT molecular complexity index is 1870. The SMILES string of the molecule is Nc1c(-c2ccc([N+](=O)[O-])cc2)c(N)c(-c2ccc([N+](=O)[O-])cc2)c(-c2ccc([N+](=O)[O-])cc2)c1-c1ccc([N+](=O)[O-])cc1. The van der Waals surface area contributed by atoms with Crippen LogP contribution in [0.25, 0.3) is 44.5 Å². The summed E-state index contributed by atoms with van der Waals surface area (Å²) in [6, 6.07) is 22.3. The number of nitro groups is 4. The summed E-state index contributed by atoms with van der Waals surface area (Å²) in [6.45, 7) is 0. The number of non-ortho nitro benzene ring substituents is 4. The van der Waals surface area contributed by atoms with Crippen molar-refractivity contribution in [1.29, 1.82) is 0 Å². The van der Waals surface area contributed by atoms with Crippen LogP contribution in [0.15, 0.2) is 97.1 Å². The number of nitro benzene ring substituents is 4. The zero-order valence-corrected chi connectivity index (χ0v) is 22.4. The smallest absolute Gasteiger partial charge is 0.269 e. The van der Waals surface area contributed by atoms with E-state index in [-0.39, 0.29) is 34.1 Å². The molecule has 0 fully saturated rings. The van der Waals surface area contributed by atoms with Crippen LogP contribution in [0.3, 0.4) is 0 Å². The minimum Gasteiger partial charge on any atom is -0.398 e. The van der Waals surface area contributed by atoms with E-state index in [0.29, 0.717) is 44.5 Å². The first kappa shape index (κ1) is 28.8. The second kappa shape index (κ2) is 11.3. The topological polar surface area (TPSA) is 225 Å². The number of rotatable bonds is 8. The highest BCUT2D eigenvalue weighted by Crippen LogP contribution is 2.52. The summed E-state index contributed by atoms with van der Waals surface area (Å²) in [6.07, 6.45) is 0. The average Bonchev–Trinajstić information content (AvgIpc) is 3.01. The van der Waals surface area contributed by atoms with Crippen LogP contribution in [0, 0.1) is 40.5 Å². The van der Waals surface area contributed by atoms with Gasteiger partial charge in [0, 0.05) is 70.8 Å². The van der Waals surface area contributed by atoms with Gasteiger partial charge in [-0.2, -0.15) is 0 Å². The van der Waals surface area contributed by atoms with Crippen molar-refractivity contribution in [3.8, 4) is 44.5 Å². The molecule has 0 saturated heterocycles. The maximum atomic E-state index is 11.4. The lowest BCUT2D eigenvalue weighted by molar-refractivity contribution is -0.385. The van der Waals surface area contributed by atoms with E-state index in [2.05, 4.69) is 0 Å². The molecule has 5 rings (SSSR count). The number of anilines is 2. The minimum absolute atomic E-state index is 0.129. The molecule has 0 radical (unpaired) electrons. The predicted octanol–water partition coefficient (Wildman–Crippen LogP) is 7.15. The molecule has 5 aromatic rings. The van der Waals surface area contributed by atoms with Gasteiger partial charge in [-0.25, -0.2) is 0 Å². The maximum absolute atomic E-state index is 11.4. The van der Waals surface area contributed by atoms with Crippen molar-refractivity contribution in [2.24, 2.45) is 0 Å². The van der Waals surface area contributed by atoms with E-state index in [1.807, 2.05) is 0 Å². The van der Waals surface area contributed by atoms with Gasteiger partial charge in [0.25, 0.3) is 22.7 Å². The molecule has 14 heteroatoms. The van der Waals surface area contributed by atoms with Crippen LogP contribution < -0.4 is 11.5 Å². The highest BCUT2D eigenvalue weighted by molar-refractivity contribution is 6.11. The van der Waals surface area contributed by atoms with Crippen molar-refractivity contribution in [3.63, 3.8) is 0 Å². The van der Waals surface area contributed by atoms with Gasteiger partial charge in [0.15, 0.2) is 0 Å². The van der Waals surface area contributed by atoms with E-state index in [1.54, 1.807) is 0 Å². The molecule has 0 bridgehead atoms. The van der Waals surface area contributed by atoms with Crippen molar-refractivity contribution in [2.75, 3.05) is 11.5 Å². The number of nitrogen functional groups attached to an aromatic ring is 2. The molecule has 5 aromatic carbocycles. The summed E-state index contributed by atoms with van der Waals surface area (Å²) >= 11 is 0. The Hall–Kier alpha value is -6.70. The van der Waals surface area contributed by atoms with E-state index < -0.39 is 19.7 Å². The zero-order valence-electron chi connectivity index (χ0n) is 22.4. The third-order valence-electron chi connectivity index (χ3n) is 7.04. The van der Waals surface area contributed by atoms with E-state index in [0.717, 1.165) is 0 Å². The Morgan fingerprint density at radius 3 is 0.773 bits per heavy atom. The van der Waals surface area contributed by atoms with Crippen LogP contribution in [-0.4, -0.2) is 19.7 Å². The van der Waals surface area contributed by atoms with Crippen LogP contribution in [0.1, 0.15) is 0 Å². The van der Waals surface area contributed by atoms with Crippen molar-refractivity contribution < 1.29 is 19.7 Å². The van der Waals surface area contributed by atoms with E-state index in [4.69, 9.17) is 11.5 Å². The average molecular weight is 593 g/mol. The van der Waals surface area contributed by atoms with Gasteiger partial charge in [-0.15, -0.1) is 0 Å². The molecule has 44 heavy (non-hydrogen) atoms. The summed E-state index contributed by atoms with van der Waals surface area (Å²) in [4.78, 5) is 43.2. The van der Waals surface area contributed by atoms with Gasteiger partial charge in [-0.1, -0.05) is 0 Å². The number of hydrogen-bond donors (Lipinski definition) is 2. The lowest BCUT2D eigenvalue weighted by atomic mass is 9.81. The standard InChI is InChI=1S/C30H20N6O8/c31-29-26(18-3-11-22(12-4-18)34(39)40)25(17-1-9-21(10-2-17)33(37)38)27(19-5-13-23(14-6-19)35(41)42)30(32)28(29)20-7-15-24(16-8-20)36(43)44/h1-16H,31-32H2. The summed E-state index contributed by atoms with van der Waals surface area (Å²) in [5.74, 6) is 0. The van der Waals surface area contributed by atoms with Gasteiger partial charge >= 0.3 is 0 Å². The predicted molar refractivity (Wildman–Crippen MR) is 164 cm³/mol. The monoisotopic (exact) mass is 592 g/mol. The van der Waals surface area contributed by atoms with Crippen molar-refractivity contribution in [1.82, 2.24) is 0 Å². The van der Waals surface area contributed by atoms with Crippen LogP contribution in [0.5, 0.6) is 0 Å². The highest BCUT2D eigenvalue weighted by atomic mass is 16.6. The van der Waals surface area contributed by atoms with E-state index in [1.165, 1.54) is 97.1 Å². The Balaban J connectivity index is 1.92. The normalized spacial score (nSPS) is 10.7. The third-order valence-corrected chi connectivity index (χ3v) is 7.04. The molecule has 218 valence electrons. The summed E-state index contributed by atoms with van der Waals surface area (Å²) in [5.41, 5.74) is 16.4. The second-order valence-corrected chi connectivity index (χ2v) is 9.54. The van der Waals surface area contributed by atoms with E-state index >= 15 is 0 Å². The fourth-order valence-electron chi connectivity index (χ4n) is 4.99. The fourth-order valence-corrected chi connectivity index (χ4v) is 4.99. The van der Waals surface area contributed by atoms with Gasteiger partial charge in [0.1, 0.15) is 0 Å². The molecule has 0 aliphatic rings. The van der Waals surface area contributed by atoms with Gasteiger partial charge in [0.2, 0.25) is 0 Å². The molecular weight excluding hydrogens is 572 g/mol. The largest absolute Gasteiger partial charge is 0.398 e. The number of nitrogens with zero attached hydrogens (tertiary/aromatic N) is 4. The molecule has 0 saturated carbocycles. The lowest BCUT2D eigenvalue weighted by Crippen LogP contribution is -2.05. The van der Waals surface area contributed by atoms with Crippen LogP contribution in [0.4, 0.5) is 34.1 Å². The molecule has 14 nitrogen and oxygen atoms in total. The molecule has 0 atom stereocenters. The first-order chi connectivity index (χ1) is 21.0. The van der Waals surface area contributed by atoms with Gasteiger partial charge in [-0.05, 0) is 70.8 Å².